The maximum Gasteiger partial charge on any atom is 0.161 e. The quantitative estimate of drug-likeness (QED) is 0.844. The third-order valence-electron chi connectivity index (χ3n) is 3.73. The van der Waals surface area contributed by atoms with Gasteiger partial charge in [0.2, 0.25) is 0 Å². The zero-order valence-corrected chi connectivity index (χ0v) is 13.3. The number of hydrogen-bond donors (Lipinski definition) is 1. The number of nitrogen functional groups attached to an aromatic ring is 1. The van der Waals surface area contributed by atoms with Crippen LogP contribution in [0.2, 0.25) is 5.02 Å². The summed E-state index contributed by atoms with van der Waals surface area (Å²) in [6.07, 6.45) is 4.86. The van der Waals surface area contributed by atoms with Crippen molar-refractivity contribution < 1.29 is 0 Å². The lowest BCUT2D eigenvalue weighted by molar-refractivity contribution is 0.691. The van der Waals surface area contributed by atoms with E-state index in [2.05, 4.69) is 20.9 Å². The van der Waals surface area contributed by atoms with Gasteiger partial charge in [0.05, 0.1) is 10.2 Å². The van der Waals surface area contributed by atoms with Crippen LogP contribution in [0.25, 0.3) is 11.4 Å². The molecule has 0 spiro atoms. The Bertz CT molecular complexity index is 639. The van der Waals surface area contributed by atoms with E-state index < -0.39 is 0 Å². The summed E-state index contributed by atoms with van der Waals surface area (Å²) in [5.74, 6) is 1.62. The van der Waals surface area contributed by atoms with Gasteiger partial charge < -0.3 is 5.73 Å². The number of nitrogens with zero attached hydrogens (tertiary/aromatic N) is 2. The van der Waals surface area contributed by atoms with Crippen LogP contribution in [0.15, 0.2) is 28.7 Å². The summed E-state index contributed by atoms with van der Waals surface area (Å²) in [6.45, 7) is 0. The van der Waals surface area contributed by atoms with Gasteiger partial charge in [-0.05, 0) is 40.9 Å². The van der Waals surface area contributed by atoms with Crippen molar-refractivity contribution in [3.8, 4) is 11.4 Å². The molecule has 5 heteroatoms. The Morgan fingerprint density at radius 1 is 1.20 bits per heavy atom. The van der Waals surface area contributed by atoms with E-state index in [9.17, 15) is 0 Å². The summed E-state index contributed by atoms with van der Waals surface area (Å²) < 4.78 is 0.843. The first-order valence-corrected chi connectivity index (χ1v) is 7.91. The van der Waals surface area contributed by atoms with Crippen LogP contribution in [-0.2, 0) is 0 Å². The van der Waals surface area contributed by atoms with Crippen molar-refractivity contribution >= 4 is 33.3 Å². The molecule has 1 fully saturated rings. The van der Waals surface area contributed by atoms with Crippen molar-refractivity contribution in [3.05, 3.63) is 39.5 Å². The lowest BCUT2D eigenvalue weighted by Gasteiger charge is -2.14. The maximum atomic E-state index is 6.04. The Morgan fingerprint density at radius 2 is 1.95 bits per heavy atom. The van der Waals surface area contributed by atoms with Crippen LogP contribution < -0.4 is 5.73 Å². The van der Waals surface area contributed by atoms with Gasteiger partial charge in [-0.1, -0.05) is 36.6 Å². The predicted octanol–water partition coefficient (Wildman–Crippen LogP) is 4.80. The molecule has 0 radical (unpaired) electrons. The Balaban J connectivity index is 2.08. The summed E-state index contributed by atoms with van der Waals surface area (Å²) in [4.78, 5) is 9.11. The largest absolute Gasteiger partial charge is 0.383 e. The molecule has 0 aliphatic heterocycles. The van der Waals surface area contributed by atoms with E-state index in [4.69, 9.17) is 22.3 Å². The number of benzene rings is 1. The van der Waals surface area contributed by atoms with Crippen LogP contribution in [-0.4, -0.2) is 9.97 Å². The fraction of sp³-hybridized carbons (Fsp3) is 0.333. The lowest BCUT2D eigenvalue weighted by Crippen LogP contribution is -2.05. The number of anilines is 1. The monoisotopic (exact) mass is 351 g/mol. The minimum Gasteiger partial charge on any atom is -0.383 e. The molecule has 1 heterocycles. The van der Waals surface area contributed by atoms with E-state index in [1.54, 1.807) is 0 Å². The second-order valence-corrected chi connectivity index (χ2v) is 6.35. The normalized spacial score (nSPS) is 15.7. The van der Waals surface area contributed by atoms with Gasteiger partial charge in [0.1, 0.15) is 5.82 Å². The number of nitrogens with two attached hydrogens (primary N) is 1. The molecule has 2 N–H and O–H groups in total. The van der Waals surface area contributed by atoms with Gasteiger partial charge in [0.15, 0.2) is 5.82 Å². The first-order valence-electron chi connectivity index (χ1n) is 6.74. The molecule has 1 aromatic heterocycles. The molecule has 0 saturated heterocycles. The Labute approximate surface area is 131 Å². The lowest BCUT2D eigenvalue weighted by atomic mass is 10.0. The van der Waals surface area contributed by atoms with Crippen molar-refractivity contribution in [2.75, 3.05) is 5.73 Å². The molecule has 1 aliphatic carbocycles. The van der Waals surface area contributed by atoms with E-state index in [-0.39, 0.29) is 0 Å². The van der Waals surface area contributed by atoms with Gasteiger partial charge >= 0.3 is 0 Å². The van der Waals surface area contributed by atoms with Gasteiger partial charge in [-0.15, -0.1) is 0 Å². The van der Waals surface area contributed by atoms with E-state index in [0.29, 0.717) is 22.6 Å². The molecule has 1 aromatic carbocycles. The van der Waals surface area contributed by atoms with Crippen LogP contribution in [0, 0.1) is 0 Å². The summed E-state index contributed by atoms with van der Waals surface area (Å²) >= 11 is 9.57. The molecule has 0 bridgehead atoms. The fourth-order valence-corrected chi connectivity index (χ4v) is 3.40. The van der Waals surface area contributed by atoms with Gasteiger partial charge in [0, 0.05) is 16.5 Å². The average Bonchev–Trinajstić information content (AvgIpc) is 2.95. The second kappa shape index (κ2) is 5.70. The average molecular weight is 353 g/mol. The smallest absolute Gasteiger partial charge is 0.161 e. The molecule has 3 nitrogen and oxygen atoms in total. The summed E-state index contributed by atoms with van der Waals surface area (Å²) in [7, 11) is 0. The molecular weight excluding hydrogens is 338 g/mol. The Morgan fingerprint density at radius 3 is 2.65 bits per heavy atom. The summed E-state index contributed by atoms with van der Waals surface area (Å²) in [5, 5.41) is 0.676. The van der Waals surface area contributed by atoms with Crippen LogP contribution in [0.5, 0.6) is 0 Å². The highest BCUT2D eigenvalue weighted by molar-refractivity contribution is 9.10. The van der Waals surface area contributed by atoms with E-state index in [0.717, 1.165) is 15.7 Å². The first kappa shape index (κ1) is 13.8. The highest BCUT2D eigenvalue weighted by Gasteiger charge is 2.23. The third kappa shape index (κ3) is 2.67. The van der Waals surface area contributed by atoms with Crippen molar-refractivity contribution in [1.82, 2.24) is 9.97 Å². The molecule has 0 amide bonds. The van der Waals surface area contributed by atoms with Crippen LogP contribution >= 0.6 is 27.5 Å². The highest BCUT2D eigenvalue weighted by Crippen LogP contribution is 2.39. The van der Waals surface area contributed by atoms with E-state index in [1.807, 2.05) is 24.3 Å². The number of rotatable bonds is 2. The fourth-order valence-electron chi connectivity index (χ4n) is 2.71. The molecule has 1 saturated carbocycles. The predicted molar refractivity (Wildman–Crippen MR) is 85.8 cm³/mol. The van der Waals surface area contributed by atoms with Gasteiger partial charge in [0.25, 0.3) is 0 Å². The van der Waals surface area contributed by atoms with E-state index in [1.165, 1.54) is 25.7 Å². The Hall–Kier alpha value is -1.13. The molecule has 1 aliphatic rings. The van der Waals surface area contributed by atoms with E-state index >= 15 is 0 Å². The van der Waals surface area contributed by atoms with Gasteiger partial charge in [-0.2, -0.15) is 0 Å². The van der Waals surface area contributed by atoms with Crippen LogP contribution in [0.1, 0.15) is 37.3 Å². The van der Waals surface area contributed by atoms with Crippen molar-refractivity contribution in [3.63, 3.8) is 0 Å². The van der Waals surface area contributed by atoms with Crippen LogP contribution in [0.3, 0.4) is 0 Å². The minimum absolute atomic E-state index is 0.479. The number of halogens is 2. The standard InChI is InChI=1S/C15H15BrClN3/c16-12-13(9-4-1-2-5-9)19-15(20-14(12)18)10-6-3-7-11(17)8-10/h3,6-9H,1-2,4-5H2,(H2,18,19,20). The van der Waals surface area contributed by atoms with Crippen LogP contribution in [0.4, 0.5) is 5.82 Å². The van der Waals surface area contributed by atoms with Gasteiger partial charge in [-0.3, -0.25) is 0 Å². The topological polar surface area (TPSA) is 51.8 Å². The van der Waals surface area contributed by atoms with Crippen molar-refractivity contribution in [2.24, 2.45) is 0 Å². The number of aromatic nitrogens is 2. The highest BCUT2D eigenvalue weighted by atomic mass is 79.9. The summed E-state index contributed by atoms with van der Waals surface area (Å²) in [5.41, 5.74) is 7.96. The molecule has 0 atom stereocenters. The third-order valence-corrected chi connectivity index (χ3v) is 4.77. The molecule has 104 valence electrons. The molecule has 3 rings (SSSR count). The zero-order chi connectivity index (χ0) is 14.1. The molecular formula is C15H15BrClN3. The molecule has 20 heavy (non-hydrogen) atoms. The zero-order valence-electron chi connectivity index (χ0n) is 10.9. The SMILES string of the molecule is Nc1nc(-c2cccc(Cl)c2)nc(C2CCCC2)c1Br. The maximum absolute atomic E-state index is 6.04. The summed E-state index contributed by atoms with van der Waals surface area (Å²) in [6, 6.07) is 7.55. The molecule has 2 aromatic rings. The molecule has 0 unspecified atom stereocenters. The Kier molecular flexibility index (Phi) is 3.94. The van der Waals surface area contributed by atoms with Crippen molar-refractivity contribution in [1.29, 1.82) is 0 Å². The second-order valence-electron chi connectivity index (χ2n) is 5.12. The number of hydrogen-bond acceptors (Lipinski definition) is 3. The van der Waals surface area contributed by atoms with Crippen molar-refractivity contribution in [2.45, 2.75) is 31.6 Å². The minimum atomic E-state index is 0.479. The first-order chi connectivity index (χ1) is 9.65. The van der Waals surface area contributed by atoms with Gasteiger partial charge in [-0.25, -0.2) is 9.97 Å².